The predicted octanol–water partition coefficient (Wildman–Crippen LogP) is 8.27. The van der Waals surface area contributed by atoms with Crippen LogP contribution in [0.5, 0.6) is 0 Å². The molecular formula is C31H34F6O3. The Hall–Kier alpha value is -3.25. The zero-order valence-electron chi connectivity index (χ0n) is 22.9. The highest BCUT2D eigenvalue weighted by Crippen LogP contribution is 2.45. The summed E-state index contributed by atoms with van der Waals surface area (Å²) in [5, 5.41) is 18.1. The van der Waals surface area contributed by atoms with E-state index in [1.807, 2.05) is 39.0 Å². The second-order valence-electron chi connectivity index (χ2n) is 9.89. The lowest BCUT2D eigenvalue weighted by molar-refractivity contribution is -0.347. The van der Waals surface area contributed by atoms with Gasteiger partial charge in [-0.05, 0) is 79.5 Å². The smallest absolute Gasteiger partial charge is 0.430 e. The number of aliphatic hydroxyl groups is 1. The number of halogens is 6. The third-order valence-corrected chi connectivity index (χ3v) is 7.34. The van der Waals surface area contributed by atoms with Crippen LogP contribution in [-0.4, -0.2) is 34.1 Å². The van der Waals surface area contributed by atoms with E-state index in [4.69, 9.17) is 5.11 Å². The number of unbranched alkanes of at least 4 members (excludes halogenated alkanes) is 2. The molecular weight excluding hydrogens is 534 g/mol. The number of hydrogen-bond donors (Lipinski definition) is 2. The zero-order chi connectivity index (χ0) is 30.4. The lowest BCUT2D eigenvalue weighted by Crippen LogP contribution is -2.55. The van der Waals surface area contributed by atoms with Crippen LogP contribution in [0, 0.1) is 25.7 Å². The highest BCUT2D eigenvalue weighted by molar-refractivity contribution is 5.66. The van der Waals surface area contributed by atoms with E-state index in [9.17, 15) is 36.2 Å². The second kappa shape index (κ2) is 12.9. The molecule has 3 nitrogen and oxygen atoms in total. The van der Waals surface area contributed by atoms with Crippen molar-refractivity contribution in [3.63, 3.8) is 0 Å². The number of aryl methyl sites for hydroxylation is 2. The minimum Gasteiger partial charge on any atom is -0.481 e. The molecule has 0 fully saturated rings. The van der Waals surface area contributed by atoms with Gasteiger partial charge < -0.3 is 10.2 Å². The van der Waals surface area contributed by atoms with E-state index in [1.165, 1.54) is 6.07 Å². The Balaban J connectivity index is 2.39. The summed E-state index contributed by atoms with van der Waals surface area (Å²) in [6, 6.07) is 10.9. The first-order valence-electron chi connectivity index (χ1n) is 13.0. The van der Waals surface area contributed by atoms with Crippen LogP contribution < -0.4 is 0 Å². The van der Waals surface area contributed by atoms with Crippen molar-refractivity contribution < 1.29 is 41.4 Å². The number of aliphatic carboxylic acids is 1. The Morgan fingerprint density at radius 1 is 0.875 bits per heavy atom. The van der Waals surface area contributed by atoms with Crippen LogP contribution in [-0.2, 0) is 10.2 Å². The van der Waals surface area contributed by atoms with Crippen LogP contribution in [0.2, 0.25) is 0 Å². The third-order valence-electron chi connectivity index (χ3n) is 7.34. The standard InChI is InChI=1S/C31H34F6O3/c1-5-28(6-2,25-15-13-23(21(3)19-25)11-9-7-8-10-12-27(38)39)26-16-14-24(22(4)20-26)17-18-29(40,30(32,33)34)31(35,36)37/h13-20,40H,5-8,10,12H2,1-4H3,(H,38,39)/b18-17+. The summed E-state index contributed by atoms with van der Waals surface area (Å²) in [4.78, 5) is 10.6. The molecule has 0 aliphatic rings. The van der Waals surface area contributed by atoms with Gasteiger partial charge in [0.05, 0.1) is 0 Å². The number of hydrogen-bond acceptors (Lipinski definition) is 2. The lowest BCUT2D eigenvalue weighted by Gasteiger charge is -2.34. The molecule has 0 aliphatic carbocycles. The molecule has 0 saturated heterocycles. The van der Waals surface area contributed by atoms with E-state index in [1.54, 1.807) is 19.1 Å². The topological polar surface area (TPSA) is 57.5 Å². The Morgan fingerprint density at radius 2 is 1.43 bits per heavy atom. The largest absolute Gasteiger partial charge is 0.481 e. The van der Waals surface area contributed by atoms with E-state index in [0.29, 0.717) is 43.7 Å². The zero-order valence-corrected chi connectivity index (χ0v) is 22.9. The number of rotatable bonds is 10. The van der Waals surface area contributed by atoms with Gasteiger partial charge in [-0.25, -0.2) is 0 Å². The van der Waals surface area contributed by atoms with E-state index >= 15 is 0 Å². The minimum atomic E-state index is -5.93. The predicted molar refractivity (Wildman–Crippen MR) is 143 cm³/mol. The number of alkyl halides is 6. The molecule has 0 atom stereocenters. The van der Waals surface area contributed by atoms with E-state index in [-0.39, 0.29) is 18.1 Å². The maximum absolute atomic E-state index is 13.1. The molecule has 0 radical (unpaired) electrons. The first-order valence-corrected chi connectivity index (χ1v) is 13.0. The molecule has 2 aromatic carbocycles. The van der Waals surface area contributed by atoms with Gasteiger partial charge in [-0.2, -0.15) is 26.3 Å². The molecule has 9 heteroatoms. The van der Waals surface area contributed by atoms with Gasteiger partial charge in [0.25, 0.3) is 5.60 Å². The van der Waals surface area contributed by atoms with Gasteiger partial charge in [0.1, 0.15) is 0 Å². The Bertz CT molecular complexity index is 1260. The lowest BCUT2D eigenvalue weighted by atomic mass is 9.69. The summed E-state index contributed by atoms with van der Waals surface area (Å²) in [5.74, 6) is 5.39. The first-order chi connectivity index (χ1) is 18.5. The van der Waals surface area contributed by atoms with E-state index in [2.05, 4.69) is 11.8 Å². The van der Waals surface area contributed by atoms with Crippen molar-refractivity contribution in [2.75, 3.05) is 0 Å². The molecule has 2 N–H and O–H groups in total. The highest BCUT2D eigenvalue weighted by Gasteiger charge is 2.68. The van der Waals surface area contributed by atoms with Gasteiger partial charge in [-0.15, -0.1) is 0 Å². The van der Waals surface area contributed by atoms with Crippen LogP contribution in [0.3, 0.4) is 0 Å². The summed E-state index contributed by atoms with van der Waals surface area (Å²) in [5.41, 5.74) is -1.14. The van der Waals surface area contributed by atoms with Crippen LogP contribution in [0.15, 0.2) is 42.5 Å². The van der Waals surface area contributed by atoms with Gasteiger partial charge in [0, 0.05) is 23.8 Å². The van der Waals surface area contributed by atoms with Gasteiger partial charge in [0.2, 0.25) is 0 Å². The maximum atomic E-state index is 13.1. The molecule has 2 aromatic rings. The fourth-order valence-corrected chi connectivity index (χ4v) is 4.70. The van der Waals surface area contributed by atoms with E-state index in [0.717, 1.165) is 22.3 Å². The van der Waals surface area contributed by atoms with Crippen LogP contribution in [0.4, 0.5) is 26.3 Å². The number of benzene rings is 2. The number of carboxylic acid groups (broad SMARTS) is 1. The Morgan fingerprint density at radius 3 is 1.90 bits per heavy atom. The average Bonchev–Trinajstić information content (AvgIpc) is 2.86. The van der Waals surface area contributed by atoms with Crippen LogP contribution in [0.25, 0.3) is 6.08 Å². The maximum Gasteiger partial charge on any atom is 0.430 e. The highest BCUT2D eigenvalue weighted by atomic mass is 19.4. The first kappa shape index (κ1) is 33.0. The molecule has 0 amide bonds. The van der Waals surface area contributed by atoms with E-state index < -0.39 is 29.3 Å². The molecule has 0 unspecified atom stereocenters. The second-order valence-corrected chi connectivity index (χ2v) is 9.89. The Labute approximate surface area is 230 Å². The minimum absolute atomic E-state index is 0.117. The average molecular weight is 569 g/mol. The van der Waals surface area contributed by atoms with Crippen molar-refractivity contribution in [2.45, 2.75) is 89.6 Å². The van der Waals surface area contributed by atoms with Gasteiger partial charge in [-0.3, -0.25) is 4.79 Å². The summed E-state index contributed by atoms with van der Waals surface area (Å²) in [7, 11) is 0. The third kappa shape index (κ3) is 7.28. The molecule has 218 valence electrons. The number of carboxylic acids is 1. The molecule has 0 spiro atoms. The summed E-state index contributed by atoms with van der Waals surface area (Å²) in [6.45, 7) is 7.56. The van der Waals surface area contributed by atoms with Crippen molar-refractivity contribution in [1.29, 1.82) is 0 Å². The fraction of sp³-hybridized carbons (Fsp3) is 0.452. The monoisotopic (exact) mass is 568 g/mol. The normalized spacial score (nSPS) is 12.9. The van der Waals surface area contributed by atoms with Crippen molar-refractivity contribution in [1.82, 2.24) is 0 Å². The van der Waals surface area contributed by atoms with Crippen molar-refractivity contribution in [3.8, 4) is 11.8 Å². The molecule has 0 aliphatic heterocycles. The van der Waals surface area contributed by atoms with Gasteiger partial charge >= 0.3 is 18.3 Å². The van der Waals surface area contributed by atoms with Gasteiger partial charge in [-0.1, -0.05) is 62.1 Å². The molecule has 0 heterocycles. The summed E-state index contributed by atoms with van der Waals surface area (Å²) < 4.78 is 78.4. The van der Waals surface area contributed by atoms with Crippen LogP contribution >= 0.6 is 0 Å². The molecule has 0 aromatic heterocycles. The molecule has 0 bridgehead atoms. The van der Waals surface area contributed by atoms with Crippen molar-refractivity contribution in [3.05, 3.63) is 75.9 Å². The molecule has 40 heavy (non-hydrogen) atoms. The van der Waals surface area contributed by atoms with Crippen LogP contribution in [0.1, 0.15) is 85.8 Å². The SMILES string of the molecule is CCC(CC)(c1ccc(C#CCCCCC(=O)O)c(C)c1)c1ccc(/C=C/C(O)(C(F)(F)F)C(F)(F)F)c(C)c1. The molecule has 0 saturated carbocycles. The number of carbonyl (C=O) groups is 1. The van der Waals surface area contributed by atoms with Crippen molar-refractivity contribution in [2.24, 2.45) is 0 Å². The Kier molecular flexibility index (Phi) is 10.7. The molecule has 2 rings (SSSR count). The summed E-state index contributed by atoms with van der Waals surface area (Å²) in [6.07, 6.45) is -8.11. The summed E-state index contributed by atoms with van der Waals surface area (Å²) >= 11 is 0. The fourth-order valence-electron chi connectivity index (χ4n) is 4.70. The van der Waals surface area contributed by atoms with Crippen molar-refractivity contribution >= 4 is 12.0 Å². The quantitative estimate of drug-likeness (QED) is 0.172. The van der Waals surface area contributed by atoms with Gasteiger partial charge in [0.15, 0.2) is 0 Å².